The summed E-state index contributed by atoms with van der Waals surface area (Å²) in [7, 11) is 2.22. The van der Waals surface area contributed by atoms with Gasteiger partial charge in [0.25, 0.3) is 0 Å². The molecule has 1 fully saturated rings. The SMILES string of the molecule is Cc1ncn(/C=C/C2=Cc3cccnc3C(C3CCN(C)CC3)c3ccc(Cl)cc32)c1C. The van der Waals surface area contributed by atoms with E-state index in [1.165, 1.54) is 35.2 Å². The molecular weight excluding hydrogens is 416 g/mol. The summed E-state index contributed by atoms with van der Waals surface area (Å²) in [5.41, 5.74) is 8.25. The summed E-state index contributed by atoms with van der Waals surface area (Å²) in [6, 6.07) is 10.6. The van der Waals surface area contributed by atoms with Gasteiger partial charge >= 0.3 is 0 Å². The van der Waals surface area contributed by atoms with E-state index in [0.717, 1.165) is 35.1 Å². The largest absolute Gasteiger partial charge is 0.310 e. The highest BCUT2D eigenvalue weighted by molar-refractivity contribution is 6.30. The van der Waals surface area contributed by atoms with Crippen molar-refractivity contribution in [2.75, 3.05) is 20.1 Å². The predicted molar refractivity (Wildman–Crippen MR) is 133 cm³/mol. The lowest BCUT2D eigenvalue weighted by atomic mass is 9.76. The fourth-order valence-corrected chi connectivity index (χ4v) is 5.23. The molecule has 0 radical (unpaired) electrons. The highest BCUT2D eigenvalue weighted by Gasteiger charge is 2.33. The maximum Gasteiger partial charge on any atom is 0.0992 e. The number of fused-ring (bicyclic) bond motifs is 2. The van der Waals surface area contributed by atoms with Crippen molar-refractivity contribution in [3.63, 3.8) is 0 Å². The van der Waals surface area contributed by atoms with Crippen LogP contribution < -0.4 is 0 Å². The molecule has 0 spiro atoms. The van der Waals surface area contributed by atoms with E-state index in [1.54, 1.807) is 0 Å². The lowest BCUT2D eigenvalue weighted by molar-refractivity contribution is 0.206. The zero-order valence-corrected chi connectivity index (χ0v) is 19.7. The Morgan fingerprint density at radius 1 is 1.09 bits per heavy atom. The number of aryl methyl sites for hydroxylation is 1. The van der Waals surface area contributed by atoms with E-state index in [2.05, 4.69) is 65.0 Å². The quantitative estimate of drug-likeness (QED) is 0.493. The first-order valence-electron chi connectivity index (χ1n) is 11.3. The van der Waals surface area contributed by atoms with Crippen molar-refractivity contribution in [2.24, 2.45) is 5.92 Å². The van der Waals surface area contributed by atoms with Crippen LogP contribution in [0.2, 0.25) is 5.02 Å². The van der Waals surface area contributed by atoms with Crippen LogP contribution in [0.3, 0.4) is 0 Å². The number of pyridine rings is 1. The monoisotopic (exact) mass is 444 g/mol. The number of rotatable bonds is 3. The number of likely N-dealkylation sites (tertiary alicyclic amines) is 1. The Balaban J connectivity index is 1.65. The van der Waals surface area contributed by atoms with E-state index >= 15 is 0 Å². The second-order valence-corrected chi connectivity index (χ2v) is 9.50. The first-order chi connectivity index (χ1) is 15.5. The number of halogens is 1. The van der Waals surface area contributed by atoms with Gasteiger partial charge in [-0.2, -0.15) is 0 Å². The minimum absolute atomic E-state index is 0.270. The van der Waals surface area contributed by atoms with Gasteiger partial charge in [0.15, 0.2) is 0 Å². The molecule has 1 aromatic carbocycles. The fourth-order valence-electron chi connectivity index (χ4n) is 5.06. The minimum Gasteiger partial charge on any atom is -0.310 e. The normalized spacial score (nSPS) is 19.5. The number of piperidine rings is 1. The van der Waals surface area contributed by atoms with E-state index < -0.39 is 0 Å². The molecule has 5 heteroatoms. The molecule has 3 aromatic rings. The summed E-state index contributed by atoms with van der Waals surface area (Å²) in [5, 5.41) is 0.763. The molecule has 5 rings (SSSR count). The Morgan fingerprint density at radius 3 is 2.66 bits per heavy atom. The summed E-state index contributed by atoms with van der Waals surface area (Å²) in [6.07, 6.45) is 12.7. The maximum absolute atomic E-state index is 6.52. The molecule has 164 valence electrons. The van der Waals surface area contributed by atoms with Gasteiger partial charge in [0, 0.05) is 29.0 Å². The van der Waals surface area contributed by atoms with Crippen LogP contribution in [0.5, 0.6) is 0 Å². The van der Waals surface area contributed by atoms with Crippen molar-refractivity contribution >= 4 is 29.5 Å². The van der Waals surface area contributed by atoms with E-state index in [-0.39, 0.29) is 5.92 Å². The Labute approximate surface area is 195 Å². The first-order valence-corrected chi connectivity index (χ1v) is 11.7. The molecule has 0 amide bonds. The molecule has 0 bridgehead atoms. The summed E-state index contributed by atoms with van der Waals surface area (Å²) >= 11 is 6.52. The number of imidazole rings is 1. The molecule has 1 aliphatic carbocycles. The van der Waals surface area contributed by atoms with Crippen LogP contribution >= 0.6 is 11.6 Å². The predicted octanol–water partition coefficient (Wildman–Crippen LogP) is 6.05. The van der Waals surface area contributed by atoms with Gasteiger partial charge in [0.2, 0.25) is 0 Å². The number of hydrogen-bond donors (Lipinski definition) is 0. The van der Waals surface area contributed by atoms with Crippen LogP contribution in [-0.2, 0) is 0 Å². The minimum atomic E-state index is 0.270. The van der Waals surface area contributed by atoms with Gasteiger partial charge in [0.1, 0.15) is 0 Å². The van der Waals surface area contributed by atoms with Gasteiger partial charge in [-0.05, 0) is 105 Å². The van der Waals surface area contributed by atoms with Crippen molar-refractivity contribution < 1.29 is 0 Å². The fraction of sp³-hybridized carbons (Fsp3) is 0.333. The molecule has 1 atom stereocenters. The van der Waals surface area contributed by atoms with E-state index in [1.807, 2.05) is 31.6 Å². The molecule has 2 aromatic heterocycles. The van der Waals surface area contributed by atoms with Gasteiger partial charge < -0.3 is 9.47 Å². The summed E-state index contributed by atoms with van der Waals surface area (Å²) < 4.78 is 2.07. The third-order valence-corrected chi connectivity index (χ3v) is 7.31. The molecule has 1 saturated heterocycles. The summed E-state index contributed by atoms with van der Waals surface area (Å²) in [6.45, 7) is 6.39. The third kappa shape index (κ3) is 3.94. The smallest absolute Gasteiger partial charge is 0.0992 e. The number of hydrogen-bond acceptors (Lipinski definition) is 3. The first kappa shape index (κ1) is 21.2. The van der Waals surface area contributed by atoms with Crippen LogP contribution in [-0.4, -0.2) is 39.6 Å². The van der Waals surface area contributed by atoms with E-state index in [4.69, 9.17) is 16.6 Å². The topological polar surface area (TPSA) is 34.0 Å². The van der Waals surface area contributed by atoms with Gasteiger partial charge in [-0.3, -0.25) is 4.98 Å². The standard InChI is InChI=1S/C27H29ClN4/c1-18-19(2)32(17-30-18)14-10-21-15-22-5-4-11-29-27(22)26(20-8-12-31(3)13-9-20)24-7-6-23(28)16-25(21)24/h4-7,10-11,14-17,20,26H,8-9,12-13H2,1-3H3/b14-10+. The Morgan fingerprint density at radius 2 is 1.91 bits per heavy atom. The van der Waals surface area contributed by atoms with Crippen molar-refractivity contribution in [2.45, 2.75) is 32.6 Å². The number of benzene rings is 1. The number of allylic oxidation sites excluding steroid dienone is 2. The molecular formula is C27H29ClN4. The highest BCUT2D eigenvalue weighted by Crippen LogP contribution is 2.45. The zero-order valence-electron chi connectivity index (χ0n) is 18.9. The maximum atomic E-state index is 6.52. The van der Waals surface area contributed by atoms with Crippen LogP contribution in [0.15, 0.2) is 48.9 Å². The van der Waals surface area contributed by atoms with Crippen LogP contribution in [0, 0.1) is 19.8 Å². The Kier molecular flexibility index (Phi) is 5.75. The van der Waals surface area contributed by atoms with E-state index in [9.17, 15) is 0 Å². The van der Waals surface area contributed by atoms with Gasteiger partial charge in [0.05, 0.1) is 17.7 Å². The Hall–Kier alpha value is -2.69. The Bertz CT molecular complexity index is 1200. The second kappa shape index (κ2) is 8.68. The average molecular weight is 445 g/mol. The van der Waals surface area contributed by atoms with Gasteiger partial charge in [-0.25, -0.2) is 4.98 Å². The summed E-state index contributed by atoms with van der Waals surface area (Å²) in [4.78, 5) is 11.8. The van der Waals surface area contributed by atoms with E-state index in [0.29, 0.717) is 5.92 Å². The van der Waals surface area contributed by atoms with Crippen molar-refractivity contribution in [3.05, 3.63) is 87.7 Å². The molecule has 1 unspecified atom stereocenters. The lowest BCUT2D eigenvalue weighted by Gasteiger charge is -2.35. The van der Waals surface area contributed by atoms with Crippen molar-refractivity contribution in [3.8, 4) is 0 Å². The van der Waals surface area contributed by atoms with Crippen LogP contribution in [0.4, 0.5) is 0 Å². The van der Waals surface area contributed by atoms with Crippen LogP contribution in [0.1, 0.15) is 52.5 Å². The average Bonchev–Trinajstić information content (AvgIpc) is 3.04. The third-order valence-electron chi connectivity index (χ3n) is 7.07. The van der Waals surface area contributed by atoms with Gasteiger partial charge in [-0.15, -0.1) is 0 Å². The number of nitrogens with zero attached hydrogens (tertiary/aromatic N) is 4. The highest BCUT2D eigenvalue weighted by atomic mass is 35.5. The molecule has 1 aliphatic heterocycles. The van der Waals surface area contributed by atoms with Crippen molar-refractivity contribution in [1.82, 2.24) is 19.4 Å². The van der Waals surface area contributed by atoms with Gasteiger partial charge in [-0.1, -0.05) is 23.7 Å². The molecule has 0 N–H and O–H groups in total. The molecule has 2 aliphatic rings. The van der Waals surface area contributed by atoms with Crippen LogP contribution in [0.25, 0.3) is 17.8 Å². The molecule has 0 saturated carbocycles. The zero-order chi connectivity index (χ0) is 22.2. The lowest BCUT2D eigenvalue weighted by Crippen LogP contribution is -2.33. The molecule has 32 heavy (non-hydrogen) atoms. The number of aromatic nitrogens is 3. The summed E-state index contributed by atoms with van der Waals surface area (Å²) in [5.74, 6) is 0.835. The second-order valence-electron chi connectivity index (χ2n) is 9.07. The molecule has 4 nitrogen and oxygen atoms in total. The molecule has 3 heterocycles. The van der Waals surface area contributed by atoms with Crippen molar-refractivity contribution in [1.29, 1.82) is 0 Å².